The van der Waals surface area contributed by atoms with E-state index in [0.29, 0.717) is 19.6 Å². The molecular formula is C27H34ClNO4. The van der Waals surface area contributed by atoms with Gasteiger partial charge in [0.25, 0.3) is 0 Å². The van der Waals surface area contributed by atoms with Crippen molar-refractivity contribution >= 4 is 17.6 Å². The van der Waals surface area contributed by atoms with Crippen LogP contribution in [-0.4, -0.2) is 42.7 Å². The third kappa shape index (κ3) is 5.82. The molecule has 0 amide bonds. The smallest absolute Gasteiger partial charge is 0.307 e. The molecule has 2 aliphatic heterocycles. The summed E-state index contributed by atoms with van der Waals surface area (Å²) in [7, 11) is 0. The average molecular weight is 472 g/mol. The quantitative estimate of drug-likeness (QED) is 0.507. The molecule has 4 rings (SSSR count). The fraction of sp³-hybridized carbons (Fsp3) is 0.519. The van der Waals surface area contributed by atoms with Crippen molar-refractivity contribution in [2.45, 2.75) is 64.6 Å². The van der Waals surface area contributed by atoms with Gasteiger partial charge in [-0.1, -0.05) is 35.4 Å². The second kappa shape index (κ2) is 9.55. The van der Waals surface area contributed by atoms with E-state index in [4.69, 9.17) is 25.8 Å². The van der Waals surface area contributed by atoms with E-state index >= 15 is 0 Å². The monoisotopic (exact) mass is 471 g/mol. The SMILES string of the molecule is Cc1ccc(Cl)c(COc2ccc3c(c2)OCC32CCN(CCC(=O)OC(C)(C)C)CC2)c1. The summed E-state index contributed by atoms with van der Waals surface area (Å²) in [6.07, 6.45) is 2.48. The van der Waals surface area contributed by atoms with Crippen molar-refractivity contribution in [3.8, 4) is 11.5 Å². The van der Waals surface area contributed by atoms with Crippen LogP contribution in [0.15, 0.2) is 36.4 Å². The first kappa shape index (κ1) is 23.9. The minimum Gasteiger partial charge on any atom is -0.492 e. The van der Waals surface area contributed by atoms with Crippen LogP contribution in [-0.2, 0) is 21.6 Å². The second-order valence-corrected chi connectivity index (χ2v) is 10.7. The lowest BCUT2D eigenvalue weighted by Gasteiger charge is -2.38. The van der Waals surface area contributed by atoms with Crippen LogP contribution in [0.2, 0.25) is 5.02 Å². The number of carbonyl (C=O) groups is 1. The van der Waals surface area contributed by atoms with Gasteiger partial charge in [0.2, 0.25) is 0 Å². The lowest BCUT2D eigenvalue weighted by Crippen LogP contribution is -2.44. The van der Waals surface area contributed by atoms with Gasteiger partial charge in [-0.15, -0.1) is 0 Å². The zero-order valence-electron chi connectivity index (χ0n) is 20.1. The zero-order chi connectivity index (χ0) is 23.6. The Morgan fingerprint density at radius 2 is 1.91 bits per heavy atom. The number of ether oxygens (including phenoxy) is 3. The summed E-state index contributed by atoms with van der Waals surface area (Å²) in [5.74, 6) is 1.58. The summed E-state index contributed by atoms with van der Waals surface area (Å²) in [6.45, 7) is 11.5. The Morgan fingerprint density at radius 3 is 2.64 bits per heavy atom. The van der Waals surface area contributed by atoms with Crippen LogP contribution in [0.25, 0.3) is 0 Å². The van der Waals surface area contributed by atoms with Crippen molar-refractivity contribution in [1.82, 2.24) is 4.90 Å². The number of aryl methyl sites for hydroxylation is 1. The van der Waals surface area contributed by atoms with Crippen molar-refractivity contribution in [2.75, 3.05) is 26.2 Å². The molecule has 0 atom stereocenters. The molecule has 0 bridgehead atoms. The fourth-order valence-electron chi connectivity index (χ4n) is 4.68. The first-order chi connectivity index (χ1) is 15.6. The van der Waals surface area contributed by atoms with Gasteiger partial charge in [-0.3, -0.25) is 4.79 Å². The molecule has 2 aliphatic rings. The van der Waals surface area contributed by atoms with E-state index in [2.05, 4.69) is 17.0 Å². The van der Waals surface area contributed by atoms with Crippen LogP contribution in [0.5, 0.6) is 11.5 Å². The van der Waals surface area contributed by atoms with E-state index in [1.54, 1.807) is 0 Å². The van der Waals surface area contributed by atoms with Crippen LogP contribution in [0.3, 0.4) is 0 Å². The molecule has 178 valence electrons. The van der Waals surface area contributed by atoms with E-state index in [9.17, 15) is 4.79 Å². The van der Waals surface area contributed by atoms with Crippen LogP contribution < -0.4 is 9.47 Å². The molecule has 2 aromatic rings. The molecule has 2 aromatic carbocycles. The molecule has 1 saturated heterocycles. The topological polar surface area (TPSA) is 48.0 Å². The predicted molar refractivity (Wildman–Crippen MR) is 130 cm³/mol. The van der Waals surface area contributed by atoms with E-state index < -0.39 is 5.60 Å². The van der Waals surface area contributed by atoms with Gasteiger partial charge >= 0.3 is 5.97 Å². The fourth-order valence-corrected chi connectivity index (χ4v) is 4.85. The highest BCUT2D eigenvalue weighted by atomic mass is 35.5. The Kier molecular flexibility index (Phi) is 6.92. The minimum atomic E-state index is -0.428. The predicted octanol–water partition coefficient (Wildman–Crippen LogP) is 5.69. The maximum absolute atomic E-state index is 12.0. The van der Waals surface area contributed by atoms with Gasteiger partial charge in [0, 0.05) is 34.2 Å². The lowest BCUT2D eigenvalue weighted by atomic mass is 9.74. The number of nitrogens with zero attached hydrogens (tertiary/aromatic N) is 1. The first-order valence-electron chi connectivity index (χ1n) is 11.7. The summed E-state index contributed by atoms with van der Waals surface area (Å²) < 4.78 is 17.6. The largest absolute Gasteiger partial charge is 0.492 e. The maximum atomic E-state index is 12.0. The number of esters is 1. The molecule has 2 heterocycles. The Hall–Kier alpha value is -2.24. The summed E-state index contributed by atoms with van der Waals surface area (Å²) >= 11 is 6.30. The number of piperidine rings is 1. The highest BCUT2D eigenvalue weighted by molar-refractivity contribution is 6.31. The highest BCUT2D eigenvalue weighted by Gasteiger charge is 2.43. The first-order valence-corrected chi connectivity index (χ1v) is 12.1. The van der Waals surface area contributed by atoms with Gasteiger partial charge in [0.05, 0.1) is 13.0 Å². The van der Waals surface area contributed by atoms with Gasteiger partial charge in [0.1, 0.15) is 23.7 Å². The van der Waals surface area contributed by atoms with Crippen molar-refractivity contribution in [1.29, 1.82) is 0 Å². The van der Waals surface area contributed by atoms with E-state index in [0.717, 1.165) is 60.1 Å². The molecule has 0 saturated carbocycles. The van der Waals surface area contributed by atoms with Crippen LogP contribution >= 0.6 is 11.6 Å². The van der Waals surface area contributed by atoms with Gasteiger partial charge in [-0.05, 0) is 65.8 Å². The third-order valence-electron chi connectivity index (χ3n) is 6.49. The Labute approximate surface area is 202 Å². The van der Waals surface area contributed by atoms with Gasteiger partial charge in [0.15, 0.2) is 0 Å². The van der Waals surface area contributed by atoms with Crippen molar-refractivity contribution in [3.05, 3.63) is 58.1 Å². The van der Waals surface area contributed by atoms with E-state index in [-0.39, 0.29) is 11.4 Å². The standard InChI is InChI=1S/C27H34ClNO4/c1-19-5-8-23(28)20(15-19)17-31-21-6-7-22-24(16-21)32-18-27(22)10-13-29(14-11-27)12-9-25(30)33-26(2,3)4/h5-8,15-16H,9-14,17-18H2,1-4H3. The minimum absolute atomic E-state index is 0.0517. The molecule has 0 radical (unpaired) electrons. The molecule has 0 unspecified atom stereocenters. The summed E-state index contributed by atoms with van der Waals surface area (Å²) in [4.78, 5) is 14.4. The van der Waals surface area contributed by atoms with Crippen LogP contribution in [0.1, 0.15) is 56.7 Å². The van der Waals surface area contributed by atoms with Crippen molar-refractivity contribution in [2.24, 2.45) is 0 Å². The highest BCUT2D eigenvalue weighted by Crippen LogP contribution is 2.46. The zero-order valence-corrected chi connectivity index (χ0v) is 20.8. The molecule has 0 N–H and O–H groups in total. The number of benzene rings is 2. The molecule has 0 aromatic heterocycles. The normalized spacial score (nSPS) is 17.5. The molecule has 1 spiro atoms. The van der Waals surface area contributed by atoms with Crippen molar-refractivity contribution in [3.63, 3.8) is 0 Å². The summed E-state index contributed by atoms with van der Waals surface area (Å²) in [5, 5.41) is 0.718. The summed E-state index contributed by atoms with van der Waals surface area (Å²) in [5.41, 5.74) is 3.04. The Balaban J connectivity index is 1.32. The third-order valence-corrected chi connectivity index (χ3v) is 6.86. The molecule has 33 heavy (non-hydrogen) atoms. The van der Waals surface area contributed by atoms with E-state index in [1.165, 1.54) is 5.56 Å². The van der Waals surface area contributed by atoms with Crippen LogP contribution in [0, 0.1) is 6.92 Å². The second-order valence-electron chi connectivity index (χ2n) is 10.3. The molecule has 5 nitrogen and oxygen atoms in total. The van der Waals surface area contributed by atoms with Gasteiger partial charge < -0.3 is 19.1 Å². The molecule has 1 fully saturated rings. The number of carbonyl (C=O) groups excluding carboxylic acids is 1. The number of hydrogen-bond acceptors (Lipinski definition) is 5. The summed E-state index contributed by atoms with van der Waals surface area (Å²) in [6, 6.07) is 12.2. The molecular weight excluding hydrogens is 438 g/mol. The number of fused-ring (bicyclic) bond motifs is 2. The molecule has 0 aliphatic carbocycles. The van der Waals surface area contributed by atoms with E-state index in [1.807, 2.05) is 52.0 Å². The number of rotatable bonds is 6. The van der Waals surface area contributed by atoms with Gasteiger partial charge in [-0.25, -0.2) is 0 Å². The number of halogens is 1. The molecule has 6 heteroatoms. The van der Waals surface area contributed by atoms with Gasteiger partial charge in [-0.2, -0.15) is 0 Å². The van der Waals surface area contributed by atoms with Crippen molar-refractivity contribution < 1.29 is 19.0 Å². The lowest BCUT2D eigenvalue weighted by molar-refractivity contribution is -0.155. The van der Waals surface area contributed by atoms with Crippen LogP contribution in [0.4, 0.5) is 0 Å². The average Bonchev–Trinajstić information content (AvgIpc) is 3.10. The Morgan fingerprint density at radius 1 is 1.15 bits per heavy atom. The number of likely N-dealkylation sites (tertiary alicyclic amines) is 1. The Bertz CT molecular complexity index is 1010. The number of hydrogen-bond donors (Lipinski definition) is 0. The maximum Gasteiger partial charge on any atom is 0.307 e.